The number of hydrogen-bond donors (Lipinski definition) is 2. The molecule has 0 radical (unpaired) electrons. The fraction of sp³-hybridized carbons (Fsp3) is 0.333. The van der Waals surface area contributed by atoms with Crippen molar-refractivity contribution in [2.24, 2.45) is 5.92 Å². The number of carbonyl (C=O) groups excluding carboxylic acids is 3. The van der Waals surface area contributed by atoms with Crippen LogP contribution >= 0.6 is 15.9 Å². The van der Waals surface area contributed by atoms with Crippen molar-refractivity contribution in [2.75, 3.05) is 25.1 Å². The van der Waals surface area contributed by atoms with Crippen LogP contribution in [-0.2, 0) is 19.1 Å². The Morgan fingerprint density at radius 3 is 3.04 bits per heavy atom. The number of ether oxygens (including phenoxy) is 1. The van der Waals surface area contributed by atoms with Crippen LogP contribution in [0.4, 0.5) is 5.82 Å². The third-order valence-electron chi connectivity index (χ3n) is 3.89. The minimum absolute atomic E-state index is 0.0812. The van der Waals surface area contributed by atoms with Crippen molar-refractivity contribution >= 4 is 50.4 Å². The van der Waals surface area contributed by atoms with Crippen LogP contribution in [0.25, 0.3) is 10.9 Å². The quantitative estimate of drug-likeness (QED) is 0.751. The number of halogens is 1. The van der Waals surface area contributed by atoms with Crippen LogP contribution in [0.2, 0.25) is 0 Å². The number of aromatic nitrogens is 2. The number of amides is 2. The first-order valence-electron chi connectivity index (χ1n) is 7.28. The summed E-state index contributed by atoms with van der Waals surface area (Å²) in [7, 11) is 1.25. The molecule has 3 rings (SSSR count). The van der Waals surface area contributed by atoms with Crippen molar-refractivity contribution < 1.29 is 19.1 Å². The number of H-pyrrole nitrogens is 1. The molecule has 8 nitrogen and oxygen atoms in total. The van der Waals surface area contributed by atoms with Crippen molar-refractivity contribution in [1.29, 1.82) is 0 Å². The van der Waals surface area contributed by atoms with E-state index < -0.39 is 11.9 Å². The average molecular weight is 395 g/mol. The molecule has 0 aliphatic carbocycles. The zero-order valence-electron chi connectivity index (χ0n) is 12.8. The highest BCUT2D eigenvalue weighted by Gasteiger charge is 2.36. The van der Waals surface area contributed by atoms with E-state index in [1.165, 1.54) is 12.0 Å². The topological polar surface area (TPSA) is 104 Å². The summed E-state index contributed by atoms with van der Waals surface area (Å²) in [5.74, 6) is -1.08. The van der Waals surface area contributed by atoms with Gasteiger partial charge >= 0.3 is 5.97 Å². The predicted molar refractivity (Wildman–Crippen MR) is 89.3 cm³/mol. The van der Waals surface area contributed by atoms with E-state index in [0.29, 0.717) is 5.82 Å². The zero-order valence-corrected chi connectivity index (χ0v) is 14.4. The van der Waals surface area contributed by atoms with Gasteiger partial charge in [-0.25, -0.2) is 0 Å². The lowest BCUT2D eigenvalue weighted by Crippen LogP contribution is -2.36. The summed E-state index contributed by atoms with van der Waals surface area (Å²) in [5.41, 5.74) is 0.797. The first-order chi connectivity index (χ1) is 11.5. The van der Waals surface area contributed by atoms with E-state index in [-0.39, 0.29) is 31.3 Å². The number of fused-ring (bicyclic) bond motifs is 1. The molecule has 1 aromatic carbocycles. The van der Waals surface area contributed by atoms with Gasteiger partial charge in [-0.15, -0.1) is 0 Å². The molecule has 126 valence electrons. The smallest absolute Gasteiger partial charge is 0.325 e. The Labute approximate surface area is 145 Å². The maximum atomic E-state index is 12.3. The van der Waals surface area contributed by atoms with Crippen molar-refractivity contribution in [3.05, 3.63) is 22.7 Å². The number of anilines is 1. The van der Waals surface area contributed by atoms with Crippen LogP contribution in [0.5, 0.6) is 0 Å². The Kier molecular flexibility index (Phi) is 4.52. The molecule has 1 saturated heterocycles. The molecule has 0 saturated carbocycles. The maximum absolute atomic E-state index is 12.3. The van der Waals surface area contributed by atoms with Crippen LogP contribution < -0.4 is 10.2 Å². The lowest BCUT2D eigenvalue weighted by Gasteiger charge is -2.14. The number of hydrogen-bond acceptors (Lipinski definition) is 5. The minimum atomic E-state index is -0.534. The Morgan fingerprint density at radius 2 is 2.29 bits per heavy atom. The van der Waals surface area contributed by atoms with Gasteiger partial charge in [0.15, 0.2) is 5.82 Å². The molecule has 2 heterocycles. The summed E-state index contributed by atoms with van der Waals surface area (Å²) >= 11 is 3.38. The highest BCUT2D eigenvalue weighted by Crippen LogP contribution is 2.31. The molecule has 1 fully saturated rings. The molecule has 2 N–H and O–H groups in total. The Bertz CT molecular complexity index is 819. The molecular formula is C15H15BrN4O4. The SMILES string of the molecule is COC(=O)CNC(=O)[C@H]1CC(=O)N(c2n[nH]c3cc(Br)ccc23)C1. The summed E-state index contributed by atoms with van der Waals surface area (Å²) in [6.45, 7) is 0.0151. The van der Waals surface area contributed by atoms with E-state index in [4.69, 9.17) is 0 Å². The molecule has 2 amide bonds. The van der Waals surface area contributed by atoms with Gasteiger partial charge in [0.05, 0.1) is 18.5 Å². The van der Waals surface area contributed by atoms with E-state index in [1.54, 1.807) is 0 Å². The second-order valence-electron chi connectivity index (χ2n) is 5.44. The number of nitrogens with one attached hydrogen (secondary N) is 2. The maximum Gasteiger partial charge on any atom is 0.325 e. The molecule has 1 atom stereocenters. The molecule has 0 unspecified atom stereocenters. The zero-order chi connectivity index (χ0) is 17.3. The molecular weight excluding hydrogens is 380 g/mol. The number of aromatic amines is 1. The second kappa shape index (κ2) is 6.60. The molecule has 0 bridgehead atoms. The van der Waals surface area contributed by atoms with Gasteiger partial charge in [-0.05, 0) is 18.2 Å². The van der Waals surface area contributed by atoms with Crippen molar-refractivity contribution in [2.45, 2.75) is 6.42 Å². The lowest BCUT2D eigenvalue weighted by molar-refractivity contribution is -0.141. The summed E-state index contributed by atoms with van der Waals surface area (Å²) in [6.07, 6.45) is 0.0812. The van der Waals surface area contributed by atoms with E-state index in [9.17, 15) is 14.4 Å². The van der Waals surface area contributed by atoms with Gasteiger partial charge in [0.2, 0.25) is 11.8 Å². The fourth-order valence-electron chi connectivity index (χ4n) is 2.65. The van der Waals surface area contributed by atoms with Gasteiger partial charge in [0, 0.05) is 22.8 Å². The molecule has 1 aliphatic heterocycles. The highest BCUT2D eigenvalue weighted by atomic mass is 79.9. The van der Waals surface area contributed by atoms with Crippen LogP contribution in [0.3, 0.4) is 0 Å². The summed E-state index contributed by atoms with van der Waals surface area (Å²) in [6, 6.07) is 5.59. The van der Waals surface area contributed by atoms with Gasteiger partial charge in [-0.1, -0.05) is 15.9 Å². The number of nitrogens with zero attached hydrogens (tertiary/aromatic N) is 2. The fourth-order valence-corrected chi connectivity index (χ4v) is 3.01. The standard InChI is InChI=1S/C15H15BrN4O4/c1-24-13(22)6-17-15(23)8-4-12(21)20(7-8)14-10-3-2-9(16)5-11(10)18-19-14/h2-3,5,8H,4,6-7H2,1H3,(H,17,23)(H,18,19)/t8-/m0/s1. The second-order valence-corrected chi connectivity index (χ2v) is 6.35. The Morgan fingerprint density at radius 1 is 1.50 bits per heavy atom. The number of esters is 1. The van der Waals surface area contributed by atoms with E-state index in [0.717, 1.165) is 15.4 Å². The average Bonchev–Trinajstić information content (AvgIpc) is 3.14. The van der Waals surface area contributed by atoms with Crippen molar-refractivity contribution in [3.8, 4) is 0 Å². The summed E-state index contributed by atoms with van der Waals surface area (Å²) < 4.78 is 5.37. The largest absolute Gasteiger partial charge is 0.468 e. The monoisotopic (exact) mass is 394 g/mol. The molecule has 2 aromatic rings. The Hall–Kier alpha value is -2.42. The van der Waals surface area contributed by atoms with Gasteiger partial charge < -0.3 is 10.1 Å². The molecule has 0 spiro atoms. The van der Waals surface area contributed by atoms with E-state index >= 15 is 0 Å². The first-order valence-corrected chi connectivity index (χ1v) is 8.07. The number of carbonyl (C=O) groups is 3. The van der Waals surface area contributed by atoms with Crippen LogP contribution in [-0.4, -0.2) is 48.2 Å². The minimum Gasteiger partial charge on any atom is -0.468 e. The highest BCUT2D eigenvalue weighted by molar-refractivity contribution is 9.10. The molecule has 24 heavy (non-hydrogen) atoms. The number of benzene rings is 1. The van der Waals surface area contributed by atoms with Crippen LogP contribution in [0.15, 0.2) is 22.7 Å². The predicted octanol–water partition coefficient (Wildman–Crippen LogP) is 0.968. The van der Waals surface area contributed by atoms with E-state index in [1.807, 2.05) is 18.2 Å². The lowest BCUT2D eigenvalue weighted by atomic mass is 10.1. The molecule has 1 aliphatic rings. The van der Waals surface area contributed by atoms with Gasteiger partial charge in [0.25, 0.3) is 0 Å². The number of rotatable bonds is 4. The van der Waals surface area contributed by atoms with Crippen molar-refractivity contribution in [1.82, 2.24) is 15.5 Å². The molecule has 1 aromatic heterocycles. The normalized spacial score (nSPS) is 17.3. The third kappa shape index (κ3) is 3.12. The first kappa shape index (κ1) is 16.4. The summed E-state index contributed by atoms with van der Waals surface area (Å²) in [5, 5.41) is 10.4. The van der Waals surface area contributed by atoms with Gasteiger partial charge in [-0.3, -0.25) is 24.4 Å². The van der Waals surface area contributed by atoms with Gasteiger partial charge in [0.1, 0.15) is 6.54 Å². The third-order valence-corrected chi connectivity index (χ3v) is 4.38. The Balaban J connectivity index is 1.74. The van der Waals surface area contributed by atoms with Crippen molar-refractivity contribution in [3.63, 3.8) is 0 Å². The van der Waals surface area contributed by atoms with Gasteiger partial charge in [-0.2, -0.15) is 5.10 Å². The molecule has 9 heteroatoms. The summed E-state index contributed by atoms with van der Waals surface area (Å²) in [4.78, 5) is 37.0. The number of methoxy groups -OCH3 is 1. The van der Waals surface area contributed by atoms with E-state index in [2.05, 4.69) is 36.2 Å². The van der Waals surface area contributed by atoms with Crippen LogP contribution in [0.1, 0.15) is 6.42 Å². The van der Waals surface area contributed by atoms with Crippen LogP contribution in [0, 0.1) is 5.92 Å².